The highest BCUT2D eigenvalue weighted by atomic mass is 79.9. The molecule has 0 bridgehead atoms. The molecule has 19 heavy (non-hydrogen) atoms. The molecule has 1 heterocycles. The summed E-state index contributed by atoms with van der Waals surface area (Å²) < 4.78 is 0.820. The molecule has 0 saturated heterocycles. The predicted molar refractivity (Wildman–Crippen MR) is 78.7 cm³/mol. The molecular weight excluding hydrogens is 306 g/mol. The molecule has 1 aromatic heterocycles. The Labute approximate surface area is 120 Å². The molecule has 0 radical (unpaired) electrons. The smallest absolute Gasteiger partial charge is 0.253 e. The summed E-state index contributed by atoms with van der Waals surface area (Å²) in [5.74, 6) is -0.199. The number of nitrogens with zero attached hydrogens (tertiary/aromatic N) is 1. The molecule has 0 aliphatic rings. The Kier molecular flexibility index (Phi) is 4.16. The van der Waals surface area contributed by atoms with E-state index < -0.39 is 0 Å². The van der Waals surface area contributed by atoms with E-state index in [4.69, 9.17) is 5.73 Å². The molecule has 0 saturated carbocycles. The van der Waals surface area contributed by atoms with E-state index in [1.807, 2.05) is 19.1 Å². The molecule has 4 nitrogen and oxygen atoms in total. The minimum Gasteiger partial charge on any atom is -0.398 e. The second kappa shape index (κ2) is 5.84. The number of hydrogen-bond donors (Lipinski definition) is 2. The third-order valence-electron chi connectivity index (χ3n) is 2.79. The molecular formula is C14H14BrN3O. The van der Waals surface area contributed by atoms with E-state index in [1.165, 1.54) is 0 Å². The summed E-state index contributed by atoms with van der Waals surface area (Å²) in [6, 6.07) is 8.85. The van der Waals surface area contributed by atoms with Crippen LogP contribution in [-0.2, 0) is 0 Å². The van der Waals surface area contributed by atoms with Crippen molar-refractivity contribution < 1.29 is 4.79 Å². The zero-order chi connectivity index (χ0) is 13.8. The molecule has 1 amide bonds. The average Bonchev–Trinajstić information content (AvgIpc) is 2.42. The number of hydrogen-bond acceptors (Lipinski definition) is 3. The van der Waals surface area contributed by atoms with Crippen molar-refractivity contribution in [3.63, 3.8) is 0 Å². The van der Waals surface area contributed by atoms with Gasteiger partial charge in [-0.05, 0) is 36.8 Å². The van der Waals surface area contributed by atoms with Crippen LogP contribution in [0.3, 0.4) is 0 Å². The second-order valence-electron chi connectivity index (χ2n) is 4.21. The molecule has 3 N–H and O–H groups in total. The lowest BCUT2D eigenvalue weighted by atomic mass is 10.1. The maximum Gasteiger partial charge on any atom is 0.253 e. The van der Waals surface area contributed by atoms with Crippen LogP contribution in [0.4, 0.5) is 5.69 Å². The number of nitrogens with two attached hydrogens (primary N) is 1. The number of nitrogen functional groups attached to an aromatic ring is 1. The molecule has 2 aromatic rings. The monoisotopic (exact) mass is 319 g/mol. The molecule has 0 fully saturated rings. The highest BCUT2D eigenvalue weighted by Crippen LogP contribution is 2.19. The van der Waals surface area contributed by atoms with Gasteiger partial charge in [-0.2, -0.15) is 0 Å². The van der Waals surface area contributed by atoms with Crippen LogP contribution in [-0.4, -0.2) is 10.9 Å². The van der Waals surface area contributed by atoms with Gasteiger partial charge in [0.1, 0.15) is 0 Å². The van der Waals surface area contributed by atoms with Crippen LogP contribution in [0, 0.1) is 0 Å². The maximum absolute atomic E-state index is 12.2. The van der Waals surface area contributed by atoms with Gasteiger partial charge >= 0.3 is 0 Å². The third kappa shape index (κ3) is 3.32. The lowest BCUT2D eigenvalue weighted by Gasteiger charge is -2.15. The maximum atomic E-state index is 12.2. The summed E-state index contributed by atoms with van der Waals surface area (Å²) in [5.41, 5.74) is 7.68. The molecule has 0 aliphatic carbocycles. The van der Waals surface area contributed by atoms with Crippen molar-refractivity contribution in [3.05, 3.63) is 58.3 Å². The standard InChI is InChI=1S/C14H14BrN3O/c1-9(10-3-2-6-17-8-10)18-14(19)12-7-11(15)4-5-13(12)16/h2-9H,16H2,1H3,(H,18,19). The first-order chi connectivity index (χ1) is 9.08. The lowest BCUT2D eigenvalue weighted by molar-refractivity contribution is 0.0940. The van der Waals surface area contributed by atoms with Crippen molar-refractivity contribution in [1.82, 2.24) is 10.3 Å². The predicted octanol–water partition coefficient (Wildman–Crippen LogP) is 2.92. The summed E-state index contributed by atoms with van der Waals surface area (Å²) in [6.07, 6.45) is 3.43. The summed E-state index contributed by atoms with van der Waals surface area (Å²) in [7, 11) is 0. The minimum absolute atomic E-state index is 0.125. The van der Waals surface area contributed by atoms with Gasteiger partial charge in [-0.15, -0.1) is 0 Å². The van der Waals surface area contributed by atoms with Gasteiger partial charge in [-0.1, -0.05) is 22.0 Å². The Hall–Kier alpha value is -1.88. The number of pyridine rings is 1. The van der Waals surface area contributed by atoms with E-state index in [0.717, 1.165) is 10.0 Å². The van der Waals surface area contributed by atoms with Crippen LogP contribution in [0.15, 0.2) is 47.2 Å². The van der Waals surface area contributed by atoms with Gasteiger partial charge in [0.05, 0.1) is 11.6 Å². The van der Waals surface area contributed by atoms with Crippen LogP contribution >= 0.6 is 15.9 Å². The van der Waals surface area contributed by atoms with Crippen LogP contribution in [0.25, 0.3) is 0 Å². The first-order valence-electron chi connectivity index (χ1n) is 5.83. The summed E-state index contributed by atoms with van der Waals surface area (Å²) >= 11 is 3.33. The van der Waals surface area contributed by atoms with Gasteiger partial charge in [0.2, 0.25) is 0 Å². The van der Waals surface area contributed by atoms with Gasteiger partial charge in [-0.3, -0.25) is 9.78 Å². The fourth-order valence-corrected chi connectivity index (χ4v) is 2.08. The summed E-state index contributed by atoms with van der Waals surface area (Å²) in [6.45, 7) is 1.91. The van der Waals surface area contributed by atoms with Crippen LogP contribution in [0.1, 0.15) is 28.9 Å². The summed E-state index contributed by atoms with van der Waals surface area (Å²) in [5, 5.41) is 2.90. The van der Waals surface area contributed by atoms with Crippen molar-refractivity contribution in [1.29, 1.82) is 0 Å². The number of carbonyl (C=O) groups is 1. The van der Waals surface area contributed by atoms with Gasteiger partial charge in [0, 0.05) is 22.6 Å². The first-order valence-corrected chi connectivity index (χ1v) is 6.63. The van der Waals surface area contributed by atoms with Gasteiger partial charge in [0.25, 0.3) is 5.91 Å². The largest absolute Gasteiger partial charge is 0.398 e. The number of halogens is 1. The quantitative estimate of drug-likeness (QED) is 0.855. The van der Waals surface area contributed by atoms with E-state index in [0.29, 0.717) is 11.3 Å². The Balaban J connectivity index is 2.15. The van der Waals surface area contributed by atoms with E-state index in [9.17, 15) is 4.79 Å². The van der Waals surface area contributed by atoms with Crippen LogP contribution < -0.4 is 11.1 Å². The first kappa shape index (κ1) is 13.5. The van der Waals surface area contributed by atoms with E-state index in [2.05, 4.69) is 26.2 Å². The number of rotatable bonds is 3. The number of amides is 1. The van der Waals surface area contributed by atoms with Crippen molar-refractivity contribution in [2.75, 3.05) is 5.73 Å². The average molecular weight is 320 g/mol. The normalized spacial score (nSPS) is 11.9. The molecule has 1 atom stereocenters. The van der Waals surface area contributed by atoms with Crippen molar-refractivity contribution >= 4 is 27.5 Å². The molecule has 1 unspecified atom stereocenters. The number of carbonyl (C=O) groups excluding carboxylic acids is 1. The Bertz CT molecular complexity index is 586. The van der Waals surface area contributed by atoms with Crippen molar-refractivity contribution in [3.8, 4) is 0 Å². The van der Waals surface area contributed by atoms with E-state index in [-0.39, 0.29) is 11.9 Å². The van der Waals surface area contributed by atoms with Gasteiger partial charge in [-0.25, -0.2) is 0 Å². The van der Waals surface area contributed by atoms with E-state index in [1.54, 1.807) is 30.6 Å². The topological polar surface area (TPSA) is 68.0 Å². The number of nitrogens with one attached hydrogen (secondary N) is 1. The Morgan fingerprint density at radius 2 is 2.21 bits per heavy atom. The SMILES string of the molecule is CC(NC(=O)c1cc(Br)ccc1N)c1cccnc1. The lowest BCUT2D eigenvalue weighted by Crippen LogP contribution is -2.27. The van der Waals surface area contributed by atoms with Gasteiger partial charge < -0.3 is 11.1 Å². The van der Waals surface area contributed by atoms with E-state index >= 15 is 0 Å². The second-order valence-corrected chi connectivity index (χ2v) is 5.13. The molecule has 2 rings (SSSR count). The number of aromatic nitrogens is 1. The third-order valence-corrected chi connectivity index (χ3v) is 3.29. The Morgan fingerprint density at radius 1 is 1.42 bits per heavy atom. The molecule has 0 aliphatic heterocycles. The molecule has 1 aromatic carbocycles. The summed E-state index contributed by atoms with van der Waals surface area (Å²) in [4.78, 5) is 16.2. The van der Waals surface area contributed by atoms with Crippen LogP contribution in [0.5, 0.6) is 0 Å². The number of anilines is 1. The fraction of sp³-hybridized carbons (Fsp3) is 0.143. The highest BCUT2D eigenvalue weighted by molar-refractivity contribution is 9.10. The minimum atomic E-state index is -0.199. The van der Waals surface area contributed by atoms with Crippen LogP contribution in [0.2, 0.25) is 0 Å². The van der Waals surface area contributed by atoms with Crippen molar-refractivity contribution in [2.24, 2.45) is 0 Å². The molecule has 0 spiro atoms. The van der Waals surface area contributed by atoms with Gasteiger partial charge in [0.15, 0.2) is 0 Å². The Morgan fingerprint density at radius 3 is 2.89 bits per heavy atom. The zero-order valence-electron chi connectivity index (χ0n) is 10.4. The highest BCUT2D eigenvalue weighted by Gasteiger charge is 2.14. The molecule has 98 valence electrons. The molecule has 5 heteroatoms. The fourth-order valence-electron chi connectivity index (χ4n) is 1.71. The zero-order valence-corrected chi connectivity index (χ0v) is 12.0. The number of benzene rings is 1. The van der Waals surface area contributed by atoms with Crippen molar-refractivity contribution in [2.45, 2.75) is 13.0 Å².